The average Bonchev–Trinajstić information content (AvgIpc) is 2.72. The van der Waals surface area contributed by atoms with Crippen LogP contribution in [0.2, 0.25) is 0 Å². The fraction of sp³-hybridized carbons (Fsp3) is 0.385. The van der Waals surface area contributed by atoms with Gasteiger partial charge in [-0.1, -0.05) is 49.7 Å². The van der Waals surface area contributed by atoms with Gasteiger partial charge in [-0.3, -0.25) is 0 Å². The van der Waals surface area contributed by atoms with E-state index in [1.165, 1.54) is 29.5 Å². The molecule has 0 amide bonds. The van der Waals surface area contributed by atoms with E-state index in [0.717, 1.165) is 47.8 Å². The van der Waals surface area contributed by atoms with Crippen molar-refractivity contribution in [1.29, 1.82) is 0 Å². The molecule has 146 valence electrons. The summed E-state index contributed by atoms with van der Waals surface area (Å²) in [7, 11) is 0. The van der Waals surface area contributed by atoms with Gasteiger partial charge in [0.05, 0.1) is 6.61 Å². The molecule has 1 aliphatic rings. The third-order valence-corrected chi connectivity index (χ3v) is 6.02. The van der Waals surface area contributed by atoms with Crippen molar-refractivity contribution in [2.24, 2.45) is 0 Å². The molecule has 0 radical (unpaired) electrons. The number of hydrogen-bond acceptors (Lipinski definition) is 1. The maximum atomic E-state index is 15.4. The molecule has 1 nitrogen and oxygen atoms in total. The highest BCUT2D eigenvalue weighted by Crippen LogP contribution is 2.37. The van der Waals surface area contributed by atoms with Crippen molar-refractivity contribution in [1.82, 2.24) is 0 Å². The van der Waals surface area contributed by atoms with Crippen LogP contribution in [0.3, 0.4) is 0 Å². The molecule has 0 aliphatic heterocycles. The van der Waals surface area contributed by atoms with Crippen molar-refractivity contribution < 1.29 is 9.13 Å². The van der Waals surface area contributed by atoms with E-state index in [9.17, 15) is 0 Å². The SMILES string of the molecule is CCCCc1ccc2c(F)c(C3CCc4cc(OCC)ccc4C3)ccc2c1. The molecule has 0 spiro atoms. The molecule has 2 heteroatoms. The van der Waals surface area contributed by atoms with E-state index in [1.54, 1.807) is 0 Å². The smallest absolute Gasteiger partial charge is 0.134 e. The molecule has 0 saturated heterocycles. The lowest BCUT2D eigenvalue weighted by Crippen LogP contribution is -2.14. The molecular weight excluding hydrogens is 347 g/mol. The van der Waals surface area contributed by atoms with E-state index >= 15 is 4.39 Å². The number of halogens is 1. The lowest BCUT2D eigenvalue weighted by atomic mass is 9.79. The zero-order valence-corrected chi connectivity index (χ0v) is 16.9. The highest BCUT2D eigenvalue weighted by Gasteiger charge is 2.24. The van der Waals surface area contributed by atoms with Crippen LogP contribution in [0.1, 0.15) is 61.3 Å². The molecule has 1 atom stereocenters. The topological polar surface area (TPSA) is 9.23 Å². The lowest BCUT2D eigenvalue weighted by molar-refractivity contribution is 0.339. The van der Waals surface area contributed by atoms with Gasteiger partial charge in [0.2, 0.25) is 0 Å². The highest BCUT2D eigenvalue weighted by molar-refractivity contribution is 5.84. The van der Waals surface area contributed by atoms with E-state index < -0.39 is 0 Å². The Kier molecular flexibility index (Phi) is 5.66. The number of ether oxygens (including phenoxy) is 1. The van der Waals surface area contributed by atoms with Gasteiger partial charge >= 0.3 is 0 Å². The number of unbranched alkanes of at least 4 members (excludes halogenated alkanes) is 1. The second-order valence-corrected chi connectivity index (χ2v) is 7.93. The summed E-state index contributed by atoms with van der Waals surface area (Å²) in [5, 5.41) is 1.78. The Balaban J connectivity index is 1.60. The fourth-order valence-electron chi connectivity index (χ4n) is 4.46. The number of rotatable bonds is 6. The molecule has 0 saturated carbocycles. The first-order valence-electron chi connectivity index (χ1n) is 10.6. The number of hydrogen-bond donors (Lipinski definition) is 0. The Morgan fingerprint density at radius 3 is 2.71 bits per heavy atom. The van der Waals surface area contributed by atoms with Crippen LogP contribution in [0.5, 0.6) is 5.75 Å². The second-order valence-electron chi connectivity index (χ2n) is 7.93. The van der Waals surface area contributed by atoms with E-state index in [2.05, 4.69) is 37.3 Å². The number of benzene rings is 3. The van der Waals surface area contributed by atoms with Crippen LogP contribution in [0.15, 0.2) is 48.5 Å². The van der Waals surface area contributed by atoms with E-state index in [0.29, 0.717) is 6.61 Å². The molecule has 0 heterocycles. The quantitative estimate of drug-likeness (QED) is 0.450. The predicted octanol–water partition coefficient (Wildman–Crippen LogP) is 6.99. The van der Waals surface area contributed by atoms with Gasteiger partial charge in [0, 0.05) is 5.39 Å². The van der Waals surface area contributed by atoms with Gasteiger partial charge in [0.15, 0.2) is 0 Å². The fourth-order valence-corrected chi connectivity index (χ4v) is 4.46. The van der Waals surface area contributed by atoms with E-state index in [-0.39, 0.29) is 11.7 Å². The summed E-state index contributed by atoms with van der Waals surface area (Å²) in [6, 6.07) is 16.7. The van der Waals surface area contributed by atoms with Crippen LogP contribution in [0.4, 0.5) is 4.39 Å². The maximum Gasteiger partial charge on any atom is 0.134 e. The predicted molar refractivity (Wildman–Crippen MR) is 115 cm³/mol. The summed E-state index contributed by atoms with van der Waals surface area (Å²) >= 11 is 0. The Hall–Kier alpha value is -2.35. The van der Waals surface area contributed by atoms with Crippen molar-refractivity contribution in [2.45, 2.75) is 58.3 Å². The van der Waals surface area contributed by atoms with Crippen molar-refractivity contribution in [3.8, 4) is 5.75 Å². The van der Waals surface area contributed by atoms with Gasteiger partial charge in [0.1, 0.15) is 11.6 Å². The Morgan fingerprint density at radius 1 is 1.00 bits per heavy atom. The van der Waals surface area contributed by atoms with Gasteiger partial charge in [-0.25, -0.2) is 4.39 Å². The van der Waals surface area contributed by atoms with Gasteiger partial charge in [-0.2, -0.15) is 0 Å². The summed E-state index contributed by atoms with van der Waals surface area (Å²) < 4.78 is 21.0. The summed E-state index contributed by atoms with van der Waals surface area (Å²) in [5.41, 5.74) is 4.85. The van der Waals surface area contributed by atoms with Crippen LogP contribution in [-0.4, -0.2) is 6.61 Å². The van der Waals surface area contributed by atoms with Crippen LogP contribution in [0.25, 0.3) is 10.8 Å². The van der Waals surface area contributed by atoms with Crippen molar-refractivity contribution in [3.63, 3.8) is 0 Å². The Morgan fingerprint density at radius 2 is 1.89 bits per heavy atom. The van der Waals surface area contributed by atoms with Crippen molar-refractivity contribution in [2.75, 3.05) is 6.61 Å². The molecule has 0 N–H and O–H groups in total. The molecule has 0 bridgehead atoms. The van der Waals surface area contributed by atoms with E-state index in [1.807, 2.05) is 25.1 Å². The molecule has 3 aromatic carbocycles. The van der Waals surface area contributed by atoms with Crippen LogP contribution < -0.4 is 4.74 Å². The average molecular weight is 377 g/mol. The summed E-state index contributed by atoms with van der Waals surface area (Å²) in [6.45, 7) is 4.89. The van der Waals surface area contributed by atoms with Crippen LogP contribution >= 0.6 is 0 Å². The molecule has 0 fully saturated rings. The zero-order valence-electron chi connectivity index (χ0n) is 16.9. The van der Waals surface area contributed by atoms with Gasteiger partial charge < -0.3 is 4.74 Å². The monoisotopic (exact) mass is 376 g/mol. The van der Waals surface area contributed by atoms with E-state index in [4.69, 9.17) is 4.74 Å². The van der Waals surface area contributed by atoms with Gasteiger partial charge in [-0.05, 0) is 84.7 Å². The minimum absolute atomic E-state index is 0.0288. The Bertz CT molecular complexity index is 976. The minimum atomic E-state index is -0.0288. The highest BCUT2D eigenvalue weighted by atomic mass is 19.1. The van der Waals surface area contributed by atoms with Crippen LogP contribution in [0, 0.1) is 5.82 Å². The summed E-state index contributed by atoms with van der Waals surface area (Å²) in [6.07, 6.45) is 6.30. The maximum absolute atomic E-state index is 15.4. The van der Waals surface area contributed by atoms with Crippen LogP contribution in [-0.2, 0) is 19.3 Å². The normalized spacial score (nSPS) is 16.2. The van der Waals surface area contributed by atoms with Gasteiger partial charge in [0.25, 0.3) is 0 Å². The lowest BCUT2D eigenvalue weighted by Gasteiger charge is -2.26. The molecule has 1 aliphatic carbocycles. The van der Waals surface area contributed by atoms with Gasteiger partial charge in [-0.15, -0.1) is 0 Å². The largest absolute Gasteiger partial charge is 0.494 e. The summed E-state index contributed by atoms with van der Waals surface area (Å²) in [4.78, 5) is 0. The number of aryl methyl sites for hydroxylation is 2. The number of fused-ring (bicyclic) bond motifs is 2. The molecule has 4 rings (SSSR count). The zero-order chi connectivity index (χ0) is 19.5. The molecule has 28 heavy (non-hydrogen) atoms. The second kappa shape index (κ2) is 8.34. The molecule has 3 aromatic rings. The molecule has 0 aromatic heterocycles. The first-order chi connectivity index (χ1) is 13.7. The first kappa shape index (κ1) is 19.0. The Labute approximate surface area is 167 Å². The third-order valence-electron chi connectivity index (χ3n) is 6.02. The van der Waals surface area contributed by atoms with Crippen molar-refractivity contribution >= 4 is 10.8 Å². The van der Waals surface area contributed by atoms with Crippen molar-refractivity contribution in [3.05, 3.63) is 76.6 Å². The standard InChI is InChI=1S/C26H29FO/c1-3-5-6-18-7-13-24-21(15-18)11-14-25(26(24)27)22-9-8-20-17-23(28-4-2)12-10-19(20)16-22/h7,10-15,17,22H,3-6,8-9,16H2,1-2H3. The molecular formula is C26H29FO. The third kappa shape index (κ3) is 3.78. The first-order valence-corrected chi connectivity index (χ1v) is 10.6. The summed E-state index contributed by atoms with van der Waals surface area (Å²) in [5.74, 6) is 1.16. The molecule has 1 unspecified atom stereocenters. The minimum Gasteiger partial charge on any atom is -0.494 e.